The number of hydrogen-bond acceptors (Lipinski definition) is 3. The van der Waals surface area contributed by atoms with Gasteiger partial charge in [-0.25, -0.2) is 4.79 Å². The summed E-state index contributed by atoms with van der Waals surface area (Å²) in [6.07, 6.45) is 3.43. The number of nitrogens with two attached hydrogens (primary N) is 1. The molecule has 6 nitrogen and oxygen atoms in total. The molecule has 0 aromatic heterocycles. The Balaban J connectivity index is 0.000000444. The van der Waals surface area contributed by atoms with Gasteiger partial charge in [-0.1, -0.05) is 36.8 Å². The quantitative estimate of drug-likeness (QED) is 0.655. The summed E-state index contributed by atoms with van der Waals surface area (Å²) < 4.78 is 0. The molecular formula is C14H20N2O4. The number of nitro groups is 1. The summed E-state index contributed by atoms with van der Waals surface area (Å²) >= 11 is 0. The summed E-state index contributed by atoms with van der Waals surface area (Å²) in [4.78, 5) is 19.7. The Morgan fingerprint density at radius 2 is 1.85 bits per heavy atom. The topological polar surface area (TPSA) is 106 Å². The van der Waals surface area contributed by atoms with Crippen LogP contribution in [0.5, 0.6) is 0 Å². The van der Waals surface area contributed by atoms with Crippen LogP contribution in [0.15, 0.2) is 30.3 Å². The molecule has 2 atom stereocenters. The first-order valence-corrected chi connectivity index (χ1v) is 6.66. The van der Waals surface area contributed by atoms with Crippen molar-refractivity contribution in [2.75, 3.05) is 0 Å². The molecule has 3 N–H and O–H groups in total. The van der Waals surface area contributed by atoms with E-state index in [2.05, 4.69) is 17.9 Å². The molecule has 0 bridgehead atoms. The number of benzene rings is 1. The van der Waals surface area contributed by atoms with Gasteiger partial charge in [0.1, 0.15) is 0 Å². The van der Waals surface area contributed by atoms with Crippen LogP contribution in [0.4, 0.5) is 4.79 Å². The van der Waals surface area contributed by atoms with Gasteiger partial charge in [0.05, 0.1) is 0 Å². The first-order chi connectivity index (χ1) is 9.50. The van der Waals surface area contributed by atoms with E-state index in [1.807, 2.05) is 18.2 Å². The van der Waals surface area contributed by atoms with Gasteiger partial charge < -0.3 is 10.8 Å². The van der Waals surface area contributed by atoms with E-state index < -0.39 is 6.09 Å². The number of hydrogen-bond donors (Lipinski definition) is 2. The zero-order valence-electron chi connectivity index (χ0n) is 11.3. The molecule has 1 saturated carbocycles. The van der Waals surface area contributed by atoms with E-state index in [0.29, 0.717) is 0 Å². The second-order valence-electron chi connectivity index (χ2n) is 4.93. The van der Waals surface area contributed by atoms with Crippen molar-refractivity contribution in [3.63, 3.8) is 0 Å². The largest absolute Gasteiger partial charge is 0.465 e. The Bertz CT molecular complexity index is 432. The first kappa shape index (κ1) is 15.9. The smallest absolute Gasteiger partial charge is 0.402 e. The van der Waals surface area contributed by atoms with Crippen LogP contribution in [0.25, 0.3) is 0 Å². The summed E-state index contributed by atoms with van der Waals surface area (Å²) in [6.45, 7) is 0. The van der Waals surface area contributed by atoms with Crippen LogP contribution in [-0.2, 0) is 6.42 Å². The average Bonchev–Trinajstić information content (AvgIpc) is 2.39. The minimum Gasteiger partial charge on any atom is -0.465 e. The van der Waals surface area contributed by atoms with Gasteiger partial charge in [0.25, 0.3) is 0 Å². The summed E-state index contributed by atoms with van der Waals surface area (Å²) in [5.41, 5.74) is 5.25. The van der Waals surface area contributed by atoms with E-state index in [4.69, 9.17) is 9.90 Å². The first-order valence-electron chi connectivity index (χ1n) is 6.66. The van der Waals surface area contributed by atoms with E-state index in [9.17, 15) is 10.1 Å². The third-order valence-electron chi connectivity index (χ3n) is 3.48. The van der Waals surface area contributed by atoms with E-state index >= 15 is 0 Å². The Morgan fingerprint density at radius 3 is 2.40 bits per heavy atom. The number of rotatable bonds is 3. The molecule has 0 heterocycles. The molecular weight excluding hydrogens is 260 g/mol. The van der Waals surface area contributed by atoms with E-state index in [1.165, 1.54) is 5.56 Å². The fourth-order valence-electron chi connectivity index (χ4n) is 2.62. The monoisotopic (exact) mass is 280 g/mol. The zero-order chi connectivity index (χ0) is 15.0. The standard InChI is InChI=1S/C13H17NO2.CH3NO2/c15-14(16)13-9-5-4-8-12(13)10-11-6-2-1-3-7-11;2-1(3)4/h1-3,6-7,12-13H,4-5,8-10H2;2H2,(H,3,4). The van der Waals surface area contributed by atoms with Crippen molar-refractivity contribution >= 4 is 6.09 Å². The highest BCUT2D eigenvalue weighted by Crippen LogP contribution is 2.29. The van der Waals surface area contributed by atoms with Crippen molar-refractivity contribution in [2.45, 2.75) is 38.1 Å². The van der Waals surface area contributed by atoms with Crippen molar-refractivity contribution in [3.05, 3.63) is 46.0 Å². The summed E-state index contributed by atoms with van der Waals surface area (Å²) in [7, 11) is 0. The molecule has 1 aliphatic rings. The van der Waals surface area contributed by atoms with Gasteiger partial charge in [-0.2, -0.15) is 0 Å². The fourth-order valence-corrected chi connectivity index (χ4v) is 2.62. The lowest BCUT2D eigenvalue weighted by Crippen LogP contribution is -2.33. The van der Waals surface area contributed by atoms with E-state index in [1.54, 1.807) is 0 Å². The van der Waals surface area contributed by atoms with Gasteiger partial charge in [0.2, 0.25) is 6.04 Å². The van der Waals surface area contributed by atoms with Crippen molar-refractivity contribution < 1.29 is 14.8 Å². The Hall–Kier alpha value is -2.11. The van der Waals surface area contributed by atoms with Crippen LogP contribution < -0.4 is 5.73 Å². The molecule has 1 aromatic carbocycles. The highest BCUT2D eigenvalue weighted by atomic mass is 16.6. The molecule has 0 aliphatic heterocycles. The lowest BCUT2D eigenvalue weighted by molar-refractivity contribution is -0.535. The number of carboxylic acid groups (broad SMARTS) is 1. The molecule has 2 unspecified atom stereocenters. The molecule has 20 heavy (non-hydrogen) atoms. The predicted octanol–water partition coefficient (Wildman–Crippen LogP) is 2.69. The normalized spacial score (nSPS) is 21.4. The predicted molar refractivity (Wildman–Crippen MR) is 75.1 cm³/mol. The molecule has 1 aliphatic carbocycles. The Labute approximate surface area is 117 Å². The van der Waals surface area contributed by atoms with Gasteiger partial charge in [0, 0.05) is 17.3 Å². The lowest BCUT2D eigenvalue weighted by atomic mass is 9.81. The lowest BCUT2D eigenvalue weighted by Gasteiger charge is -2.25. The van der Waals surface area contributed by atoms with E-state index in [0.717, 1.165) is 32.1 Å². The second-order valence-corrected chi connectivity index (χ2v) is 4.93. The Morgan fingerprint density at radius 1 is 1.30 bits per heavy atom. The van der Waals surface area contributed by atoms with Gasteiger partial charge in [-0.15, -0.1) is 0 Å². The maximum absolute atomic E-state index is 11.0. The average molecular weight is 280 g/mol. The van der Waals surface area contributed by atoms with Crippen LogP contribution in [0.1, 0.15) is 31.2 Å². The van der Waals surface area contributed by atoms with Crippen LogP contribution in [0.2, 0.25) is 0 Å². The summed E-state index contributed by atoms with van der Waals surface area (Å²) in [5.74, 6) is 0.228. The fraction of sp³-hybridized carbons (Fsp3) is 0.500. The van der Waals surface area contributed by atoms with E-state index in [-0.39, 0.29) is 16.9 Å². The molecule has 1 aromatic rings. The minimum atomic E-state index is -1.33. The van der Waals surface area contributed by atoms with Gasteiger partial charge in [-0.3, -0.25) is 10.1 Å². The molecule has 6 heteroatoms. The Kier molecular flexibility index (Phi) is 6.49. The van der Waals surface area contributed by atoms with Crippen LogP contribution >= 0.6 is 0 Å². The third-order valence-corrected chi connectivity index (χ3v) is 3.48. The number of nitrogens with zero attached hydrogens (tertiary/aromatic N) is 1. The SMILES string of the molecule is NC(=O)O.O=[N+]([O-])C1CCCCC1Cc1ccccc1. The van der Waals surface area contributed by atoms with Crippen molar-refractivity contribution in [1.82, 2.24) is 0 Å². The second kappa shape index (κ2) is 8.14. The summed E-state index contributed by atoms with van der Waals surface area (Å²) in [5, 5.41) is 18.2. The van der Waals surface area contributed by atoms with Crippen LogP contribution in [-0.4, -0.2) is 22.2 Å². The van der Waals surface area contributed by atoms with Crippen LogP contribution in [0, 0.1) is 16.0 Å². The summed E-state index contributed by atoms with van der Waals surface area (Å²) in [6, 6.07) is 9.78. The maximum Gasteiger partial charge on any atom is 0.402 e. The van der Waals surface area contributed by atoms with Gasteiger partial charge in [-0.05, 0) is 24.8 Å². The molecule has 1 fully saturated rings. The number of carbonyl (C=O) groups is 1. The number of amides is 1. The van der Waals surface area contributed by atoms with Crippen molar-refractivity contribution in [2.24, 2.45) is 11.7 Å². The zero-order valence-corrected chi connectivity index (χ0v) is 11.3. The molecule has 0 saturated heterocycles. The number of primary amides is 1. The highest BCUT2D eigenvalue weighted by molar-refractivity contribution is 5.61. The molecule has 0 spiro atoms. The van der Waals surface area contributed by atoms with Crippen molar-refractivity contribution in [3.8, 4) is 0 Å². The molecule has 0 radical (unpaired) electrons. The third kappa shape index (κ3) is 5.69. The minimum absolute atomic E-state index is 0.0766. The van der Waals surface area contributed by atoms with Gasteiger partial charge in [0.15, 0.2) is 0 Å². The molecule has 1 amide bonds. The highest BCUT2D eigenvalue weighted by Gasteiger charge is 2.33. The van der Waals surface area contributed by atoms with Gasteiger partial charge >= 0.3 is 6.09 Å². The maximum atomic E-state index is 11.0. The van der Waals surface area contributed by atoms with Crippen molar-refractivity contribution in [1.29, 1.82) is 0 Å². The van der Waals surface area contributed by atoms with Crippen LogP contribution in [0.3, 0.4) is 0 Å². The molecule has 2 rings (SSSR count). The molecule has 110 valence electrons.